The van der Waals surface area contributed by atoms with E-state index < -0.39 is 81.3 Å². The number of halogens is 8. The number of hydrogen-bond acceptors (Lipinski definition) is 8. The molecule has 3 aliphatic rings. The number of rotatable bonds is 6. The average molecular weight is 890 g/mol. The lowest BCUT2D eigenvalue weighted by Gasteiger charge is -2.34. The first-order valence-corrected chi connectivity index (χ1v) is 14.8. The van der Waals surface area contributed by atoms with E-state index in [0.717, 1.165) is 7.14 Å². The molecule has 204 valence electrons. The molecule has 3 fully saturated rings. The van der Waals surface area contributed by atoms with E-state index in [9.17, 15) is 49.3 Å². The highest BCUT2D eigenvalue weighted by Crippen LogP contribution is 2.58. The van der Waals surface area contributed by atoms with Crippen LogP contribution in [0, 0.1) is 34.4 Å². The van der Waals surface area contributed by atoms with Crippen molar-refractivity contribution in [3.05, 3.63) is 28.4 Å². The number of esters is 2. The highest BCUT2D eigenvalue weighted by atomic mass is 127. The van der Waals surface area contributed by atoms with Crippen molar-refractivity contribution in [3.8, 4) is 0 Å². The molecular weight excluding hydrogens is 878 g/mol. The molecule has 2 aliphatic carbocycles. The molecule has 1 aliphatic heterocycles. The van der Waals surface area contributed by atoms with Gasteiger partial charge in [0.2, 0.25) is 0 Å². The van der Waals surface area contributed by atoms with E-state index in [2.05, 4.69) is 10.1 Å². The maximum atomic E-state index is 13.9. The van der Waals surface area contributed by atoms with Crippen LogP contribution in [0.1, 0.15) is 16.8 Å². The number of amides is 1. The van der Waals surface area contributed by atoms with E-state index in [4.69, 9.17) is 4.74 Å². The Bertz CT molecular complexity index is 1290. The number of benzene rings is 1. The van der Waals surface area contributed by atoms with E-state index in [1.54, 1.807) is 12.1 Å². The predicted molar refractivity (Wildman–Crippen MR) is 135 cm³/mol. The van der Waals surface area contributed by atoms with Gasteiger partial charge in [-0.2, -0.15) is 22.0 Å². The molecule has 2 bridgehead atoms. The van der Waals surface area contributed by atoms with Crippen molar-refractivity contribution in [2.24, 2.45) is 23.7 Å². The summed E-state index contributed by atoms with van der Waals surface area (Å²) in [5.74, 6) is -7.78. The van der Waals surface area contributed by atoms with Crippen LogP contribution in [0.5, 0.6) is 0 Å². The molecule has 1 N–H and O–H groups in total. The minimum absolute atomic E-state index is 0.0274. The molecule has 1 heterocycles. The van der Waals surface area contributed by atoms with Crippen molar-refractivity contribution in [2.75, 3.05) is 0 Å². The molecule has 1 aromatic carbocycles. The second-order valence-electron chi connectivity index (χ2n) is 8.64. The number of hydrogen-bond donors (Lipinski definition) is 1. The van der Waals surface area contributed by atoms with Crippen LogP contribution >= 0.6 is 67.8 Å². The zero-order valence-corrected chi connectivity index (χ0v) is 24.9. The molecule has 9 nitrogen and oxygen atoms in total. The molecule has 7 atom stereocenters. The fraction of sp³-hybridized carbons (Fsp3) is 0.526. The van der Waals surface area contributed by atoms with Gasteiger partial charge in [0.15, 0.2) is 10.1 Å². The van der Waals surface area contributed by atoms with Crippen molar-refractivity contribution in [2.45, 2.75) is 36.1 Å². The maximum Gasteiger partial charge on any atom is 0.432 e. The Kier molecular flexibility index (Phi) is 7.76. The van der Waals surface area contributed by atoms with Gasteiger partial charge in [0.05, 0.1) is 17.4 Å². The summed E-state index contributed by atoms with van der Waals surface area (Å²) in [6.07, 6.45) is -12.0. The van der Waals surface area contributed by atoms with Crippen LogP contribution in [-0.2, 0) is 29.2 Å². The second kappa shape index (κ2) is 9.78. The summed E-state index contributed by atoms with van der Waals surface area (Å²) in [5.41, 5.74) is 0.235. The third-order valence-electron chi connectivity index (χ3n) is 6.59. The molecule has 7 unspecified atom stereocenters. The lowest BCUT2D eigenvalue weighted by atomic mass is 9.78. The summed E-state index contributed by atoms with van der Waals surface area (Å²) >= 11 is 5.93. The molecule has 1 aromatic rings. The molecule has 0 aromatic heterocycles. The van der Waals surface area contributed by atoms with Crippen molar-refractivity contribution < 1.29 is 58.8 Å². The van der Waals surface area contributed by atoms with Gasteiger partial charge < -0.3 is 19.3 Å². The van der Waals surface area contributed by atoms with Gasteiger partial charge in [0.1, 0.15) is 6.10 Å². The molecular formula is C19H12F5I3NO8S-. The Balaban J connectivity index is 1.62. The molecule has 2 saturated carbocycles. The molecule has 18 heteroatoms. The summed E-state index contributed by atoms with van der Waals surface area (Å²) < 4.78 is 111. The first-order chi connectivity index (χ1) is 16.9. The van der Waals surface area contributed by atoms with Gasteiger partial charge in [0.25, 0.3) is 12.0 Å². The van der Waals surface area contributed by atoms with Crippen LogP contribution in [0.15, 0.2) is 12.1 Å². The fourth-order valence-corrected chi connectivity index (χ4v) is 8.01. The van der Waals surface area contributed by atoms with Crippen LogP contribution in [0.3, 0.4) is 0 Å². The third kappa shape index (κ3) is 5.05. The average Bonchev–Trinajstić information content (AvgIpc) is 3.35. The van der Waals surface area contributed by atoms with Crippen molar-refractivity contribution in [1.29, 1.82) is 0 Å². The van der Waals surface area contributed by atoms with Crippen LogP contribution in [0.2, 0.25) is 0 Å². The lowest BCUT2D eigenvalue weighted by molar-refractivity contribution is -0.262. The number of nitrogens with one attached hydrogen (secondary N) is 1. The Morgan fingerprint density at radius 3 is 2.32 bits per heavy atom. The zero-order valence-electron chi connectivity index (χ0n) is 17.6. The Labute approximate surface area is 246 Å². The van der Waals surface area contributed by atoms with Crippen LogP contribution < -0.4 is 5.32 Å². The molecule has 37 heavy (non-hydrogen) atoms. The van der Waals surface area contributed by atoms with E-state index in [1.807, 2.05) is 67.8 Å². The first kappa shape index (κ1) is 29.4. The topological polar surface area (TPSA) is 139 Å². The molecule has 0 radical (unpaired) electrons. The Hall–Kier alpha value is -0.620. The van der Waals surface area contributed by atoms with Gasteiger partial charge >= 0.3 is 23.4 Å². The monoisotopic (exact) mass is 890 g/mol. The minimum Gasteiger partial charge on any atom is -0.743 e. The van der Waals surface area contributed by atoms with Gasteiger partial charge in [-0.1, -0.05) is 0 Å². The lowest BCUT2D eigenvalue weighted by Crippen LogP contribution is -2.55. The SMILES string of the molecule is O=C(NC1C2CC3C(OC(=O)C31)C2C(=O)OC(C(F)(F)F)C(F)(F)S(=O)(=O)[O-])c1cc(I)cc(I)c1I. The van der Waals surface area contributed by atoms with Crippen molar-refractivity contribution >= 4 is 95.7 Å². The predicted octanol–water partition coefficient (Wildman–Crippen LogP) is 3.02. The fourth-order valence-electron chi connectivity index (χ4n) is 5.16. The highest BCUT2D eigenvalue weighted by Gasteiger charge is 2.70. The van der Waals surface area contributed by atoms with E-state index in [0.29, 0.717) is 3.57 Å². The quantitative estimate of drug-likeness (QED) is 0.152. The summed E-state index contributed by atoms with van der Waals surface area (Å²) in [4.78, 5) is 38.3. The van der Waals surface area contributed by atoms with Gasteiger partial charge in [-0.05, 0) is 92.2 Å². The number of carbonyl (C=O) groups excluding carboxylic acids is 3. The number of ether oxygens (including phenoxy) is 2. The normalized spacial score (nSPS) is 29.7. The van der Waals surface area contributed by atoms with Gasteiger partial charge in [-0.25, -0.2) is 8.42 Å². The van der Waals surface area contributed by atoms with E-state index >= 15 is 0 Å². The van der Waals surface area contributed by atoms with Crippen molar-refractivity contribution in [1.82, 2.24) is 5.32 Å². The first-order valence-electron chi connectivity index (χ1n) is 10.1. The van der Waals surface area contributed by atoms with E-state index in [1.165, 1.54) is 0 Å². The van der Waals surface area contributed by atoms with E-state index in [-0.39, 0.29) is 12.0 Å². The van der Waals surface area contributed by atoms with Crippen molar-refractivity contribution in [3.63, 3.8) is 0 Å². The minimum atomic E-state index is -6.88. The standard InChI is InChI=1S/C19H13F5I3NO8S/c20-18(21,22)17(19(23,24)37(32,33)34)36-16(31)10-5-3-6-9(15(30)35-13(6)10)12(5)28-14(29)7-1-4(25)2-8(26)11(7)27/h1-2,5-6,9-10,12-13,17H,3H2,(H,28,29)(H,32,33,34)/p-1. The van der Waals surface area contributed by atoms with Gasteiger partial charge in [-0.15, -0.1) is 0 Å². The zero-order chi connectivity index (χ0) is 27.8. The van der Waals surface area contributed by atoms with Crippen LogP contribution in [0.25, 0.3) is 0 Å². The summed E-state index contributed by atoms with van der Waals surface area (Å²) in [7, 11) is -6.88. The maximum absolute atomic E-state index is 13.9. The van der Waals surface area contributed by atoms with Gasteiger partial charge in [0, 0.05) is 22.7 Å². The molecule has 1 amide bonds. The molecule has 4 rings (SSSR count). The highest BCUT2D eigenvalue weighted by molar-refractivity contribution is 14.1. The van der Waals surface area contributed by atoms with Gasteiger partial charge in [-0.3, -0.25) is 14.4 Å². The Morgan fingerprint density at radius 2 is 1.76 bits per heavy atom. The van der Waals surface area contributed by atoms with Crippen LogP contribution in [-0.4, -0.2) is 60.5 Å². The van der Waals surface area contributed by atoms with Crippen LogP contribution in [0.4, 0.5) is 22.0 Å². The Morgan fingerprint density at radius 1 is 1.14 bits per heavy atom. The number of carbonyl (C=O) groups is 3. The number of fused-ring (bicyclic) bond motifs is 1. The summed E-state index contributed by atoms with van der Waals surface area (Å²) in [6, 6.07) is 2.27. The molecule has 1 saturated heterocycles. The largest absolute Gasteiger partial charge is 0.743 e. The summed E-state index contributed by atoms with van der Waals surface area (Å²) in [6.45, 7) is 0. The molecule has 0 spiro atoms. The number of alkyl halides is 5. The second-order valence-corrected chi connectivity index (χ2v) is 13.6. The summed E-state index contributed by atoms with van der Waals surface area (Å²) in [5, 5.41) is -3.39. The third-order valence-corrected chi connectivity index (χ3v) is 11.1. The smallest absolute Gasteiger partial charge is 0.432 e.